The van der Waals surface area contributed by atoms with E-state index in [1.54, 1.807) is 7.11 Å². The van der Waals surface area contributed by atoms with Crippen LogP contribution < -0.4 is 4.74 Å². The highest BCUT2D eigenvalue weighted by Crippen LogP contribution is 2.26. The third-order valence-electron chi connectivity index (χ3n) is 3.12. The fourth-order valence-corrected chi connectivity index (χ4v) is 2.06. The lowest BCUT2D eigenvalue weighted by atomic mass is 9.95. The van der Waals surface area contributed by atoms with Crippen LogP contribution in [0.15, 0.2) is 36.4 Å². The summed E-state index contributed by atoms with van der Waals surface area (Å²) in [5.41, 5.74) is 1.05. The Balaban J connectivity index is 0.000000677. The summed E-state index contributed by atoms with van der Waals surface area (Å²) in [5, 5.41) is 11.0. The van der Waals surface area contributed by atoms with Gasteiger partial charge in [0.05, 0.1) is 13.5 Å². The number of ether oxygens (including phenoxy) is 1. The van der Waals surface area contributed by atoms with Crippen molar-refractivity contribution in [3.8, 4) is 5.75 Å². The van der Waals surface area contributed by atoms with Gasteiger partial charge < -0.3 is 9.84 Å². The lowest BCUT2D eigenvalue weighted by molar-refractivity contribution is -0.191. The number of hydrogen-bond donors (Lipinski definition) is 1. The average molecular weight is 288 g/mol. The standard InChI is InChI=1S/C15H16O3.CO2/c1-10(7-15(16)17)11-3-4-13-9-14(18-2)6-5-12(13)8-11;2-1-3/h3-6,8-10H,7H2,1-2H3,(H,16,17);. The van der Waals surface area contributed by atoms with Gasteiger partial charge in [0, 0.05) is 0 Å². The van der Waals surface area contributed by atoms with Gasteiger partial charge >= 0.3 is 12.1 Å². The molecule has 2 aromatic rings. The smallest absolute Gasteiger partial charge is 0.373 e. The van der Waals surface area contributed by atoms with E-state index in [2.05, 4.69) is 0 Å². The van der Waals surface area contributed by atoms with E-state index in [4.69, 9.17) is 19.4 Å². The maximum atomic E-state index is 10.7. The van der Waals surface area contributed by atoms with Gasteiger partial charge in [0.15, 0.2) is 0 Å². The molecule has 1 unspecified atom stereocenters. The molecule has 5 heteroatoms. The minimum absolute atomic E-state index is 0.0222. The van der Waals surface area contributed by atoms with E-state index < -0.39 is 5.97 Å². The lowest BCUT2D eigenvalue weighted by Gasteiger charge is -2.10. The Labute approximate surface area is 122 Å². The monoisotopic (exact) mass is 288 g/mol. The predicted molar refractivity (Wildman–Crippen MR) is 76.2 cm³/mol. The molecule has 0 saturated carbocycles. The van der Waals surface area contributed by atoms with Gasteiger partial charge in [0.25, 0.3) is 0 Å². The second-order valence-electron chi connectivity index (χ2n) is 4.55. The minimum atomic E-state index is -0.766. The summed E-state index contributed by atoms with van der Waals surface area (Å²) < 4.78 is 5.17. The summed E-state index contributed by atoms with van der Waals surface area (Å²) in [6.45, 7) is 1.93. The molecule has 1 N–H and O–H groups in total. The van der Waals surface area contributed by atoms with Gasteiger partial charge in [-0.25, -0.2) is 0 Å². The zero-order chi connectivity index (χ0) is 15.8. The van der Waals surface area contributed by atoms with Crippen LogP contribution in [0, 0.1) is 0 Å². The molecule has 0 heterocycles. The molecule has 2 aromatic carbocycles. The molecule has 110 valence electrons. The van der Waals surface area contributed by atoms with Gasteiger partial charge in [-0.05, 0) is 34.4 Å². The Hall–Kier alpha value is -2.65. The zero-order valence-electron chi connectivity index (χ0n) is 11.8. The van der Waals surface area contributed by atoms with E-state index in [1.807, 2.05) is 43.3 Å². The molecule has 0 aliphatic carbocycles. The van der Waals surface area contributed by atoms with Gasteiger partial charge in [-0.1, -0.05) is 31.2 Å². The number of methoxy groups -OCH3 is 1. The predicted octanol–water partition coefficient (Wildman–Crippen LogP) is 2.84. The van der Waals surface area contributed by atoms with Crippen molar-refractivity contribution in [2.45, 2.75) is 19.3 Å². The number of carbonyl (C=O) groups excluding carboxylic acids is 2. The second-order valence-corrected chi connectivity index (χ2v) is 4.55. The first kappa shape index (κ1) is 16.4. The first-order chi connectivity index (χ1) is 10.0. The summed E-state index contributed by atoms with van der Waals surface area (Å²) in [7, 11) is 1.64. The first-order valence-electron chi connectivity index (χ1n) is 6.30. The molecule has 0 bridgehead atoms. The molecular formula is C16H16O5. The molecule has 1 atom stereocenters. The SMILES string of the molecule is COc1ccc2cc(C(C)CC(=O)O)ccc2c1.O=C=O. The van der Waals surface area contributed by atoms with Crippen LogP contribution in [0.1, 0.15) is 24.8 Å². The van der Waals surface area contributed by atoms with Crippen LogP contribution in [-0.4, -0.2) is 24.3 Å². The van der Waals surface area contributed by atoms with E-state index in [1.165, 1.54) is 0 Å². The molecule has 0 spiro atoms. The van der Waals surface area contributed by atoms with E-state index in [-0.39, 0.29) is 18.5 Å². The average Bonchev–Trinajstić information content (AvgIpc) is 2.46. The number of rotatable bonds is 4. The molecular weight excluding hydrogens is 272 g/mol. The third-order valence-corrected chi connectivity index (χ3v) is 3.12. The maximum absolute atomic E-state index is 10.7. The van der Waals surface area contributed by atoms with Gasteiger partial charge in [0.1, 0.15) is 5.75 Å². The van der Waals surface area contributed by atoms with E-state index in [0.717, 1.165) is 22.1 Å². The topological polar surface area (TPSA) is 80.7 Å². The molecule has 0 radical (unpaired) electrons. The Bertz CT molecular complexity index is 657. The number of carboxylic acids is 1. The molecule has 0 amide bonds. The molecule has 0 saturated heterocycles. The number of hydrogen-bond acceptors (Lipinski definition) is 4. The van der Waals surface area contributed by atoms with Crippen LogP contribution >= 0.6 is 0 Å². The van der Waals surface area contributed by atoms with E-state index >= 15 is 0 Å². The highest BCUT2D eigenvalue weighted by molar-refractivity contribution is 5.84. The molecule has 5 nitrogen and oxygen atoms in total. The number of benzene rings is 2. The summed E-state index contributed by atoms with van der Waals surface area (Å²) in [5.74, 6) is 0.0835. The van der Waals surface area contributed by atoms with Crippen LogP contribution in [0.4, 0.5) is 0 Å². The van der Waals surface area contributed by atoms with Crippen LogP contribution in [-0.2, 0) is 14.4 Å². The second kappa shape index (κ2) is 7.82. The normalized spacial score (nSPS) is 11.0. The Kier molecular flexibility index (Phi) is 6.11. The summed E-state index contributed by atoms with van der Waals surface area (Å²) in [4.78, 5) is 27.0. The molecule has 0 aliphatic rings. The van der Waals surface area contributed by atoms with Crippen molar-refractivity contribution in [3.05, 3.63) is 42.0 Å². The highest BCUT2D eigenvalue weighted by Gasteiger charge is 2.10. The van der Waals surface area contributed by atoms with Crippen LogP contribution in [0.25, 0.3) is 10.8 Å². The van der Waals surface area contributed by atoms with Crippen LogP contribution in [0.5, 0.6) is 5.75 Å². The number of carboxylic acid groups (broad SMARTS) is 1. The van der Waals surface area contributed by atoms with Crippen molar-refractivity contribution in [2.75, 3.05) is 7.11 Å². The van der Waals surface area contributed by atoms with Crippen molar-refractivity contribution < 1.29 is 24.2 Å². The van der Waals surface area contributed by atoms with E-state index in [0.29, 0.717) is 0 Å². The fourth-order valence-electron chi connectivity index (χ4n) is 2.06. The third kappa shape index (κ3) is 4.75. The fraction of sp³-hybridized carbons (Fsp3) is 0.250. The van der Waals surface area contributed by atoms with E-state index in [9.17, 15) is 4.79 Å². The summed E-state index contributed by atoms with van der Waals surface area (Å²) in [6, 6.07) is 11.9. The van der Waals surface area contributed by atoms with Gasteiger partial charge in [-0.3, -0.25) is 4.79 Å². The minimum Gasteiger partial charge on any atom is -0.497 e. The largest absolute Gasteiger partial charge is 0.497 e. The molecule has 2 rings (SSSR count). The van der Waals surface area contributed by atoms with Gasteiger partial charge in [-0.2, -0.15) is 9.59 Å². The summed E-state index contributed by atoms with van der Waals surface area (Å²) >= 11 is 0. The summed E-state index contributed by atoms with van der Waals surface area (Å²) in [6.07, 6.45) is 0.404. The first-order valence-corrected chi connectivity index (χ1v) is 6.30. The van der Waals surface area contributed by atoms with Crippen molar-refractivity contribution in [1.29, 1.82) is 0 Å². The van der Waals surface area contributed by atoms with Crippen molar-refractivity contribution >= 4 is 22.9 Å². The highest BCUT2D eigenvalue weighted by atomic mass is 16.5. The number of aliphatic carboxylic acids is 1. The molecule has 0 aromatic heterocycles. The Morgan fingerprint density at radius 2 is 1.76 bits per heavy atom. The van der Waals surface area contributed by atoms with Crippen LogP contribution in [0.2, 0.25) is 0 Å². The van der Waals surface area contributed by atoms with Gasteiger partial charge in [-0.15, -0.1) is 0 Å². The van der Waals surface area contributed by atoms with Gasteiger partial charge in [0.2, 0.25) is 0 Å². The van der Waals surface area contributed by atoms with Crippen molar-refractivity contribution in [1.82, 2.24) is 0 Å². The van der Waals surface area contributed by atoms with Crippen molar-refractivity contribution in [3.63, 3.8) is 0 Å². The number of fused-ring (bicyclic) bond motifs is 1. The number of carbonyl (C=O) groups is 1. The molecule has 0 fully saturated rings. The zero-order valence-corrected chi connectivity index (χ0v) is 11.8. The molecule has 21 heavy (non-hydrogen) atoms. The van der Waals surface area contributed by atoms with Crippen molar-refractivity contribution in [2.24, 2.45) is 0 Å². The molecule has 0 aliphatic heterocycles. The Morgan fingerprint density at radius 1 is 1.19 bits per heavy atom. The lowest BCUT2D eigenvalue weighted by Crippen LogP contribution is -2.02. The Morgan fingerprint density at radius 3 is 2.33 bits per heavy atom. The quantitative estimate of drug-likeness (QED) is 0.935. The maximum Gasteiger partial charge on any atom is 0.373 e. The van der Waals surface area contributed by atoms with Crippen LogP contribution in [0.3, 0.4) is 0 Å².